The molecule has 1 aliphatic heterocycles. The number of hydroxylamine groups is 2. The van der Waals surface area contributed by atoms with Gasteiger partial charge in [0.1, 0.15) is 17.9 Å². The molecular formula is C45H61N5O6. The van der Waals surface area contributed by atoms with Crippen LogP contribution in [0.2, 0.25) is 0 Å². The number of ether oxygens (including phenoxy) is 1. The van der Waals surface area contributed by atoms with Gasteiger partial charge in [0.05, 0.1) is 20.3 Å². The van der Waals surface area contributed by atoms with Gasteiger partial charge in [-0.05, 0) is 78.7 Å². The number of fused-ring (bicyclic) bond motifs is 2. The minimum absolute atomic E-state index is 0.0172. The van der Waals surface area contributed by atoms with E-state index in [0.29, 0.717) is 42.0 Å². The van der Waals surface area contributed by atoms with Gasteiger partial charge in [0, 0.05) is 75.0 Å². The Balaban J connectivity index is 1.36. The highest BCUT2D eigenvalue weighted by atomic mass is 16.7. The van der Waals surface area contributed by atoms with Gasteiger partial charge in [-0.1, -0.05) is 69.3 Å². The van der Waals surface area contributed by atoms with Crippen molar-refractivity contribution in [2.24, 2.45) is 29.1 Å². The first kappa shape index (κ1) is 41.2. The van der Waals surface area contributed by atoms with Gasteiger partial charge in [-0.3, -0.25) is 19.2 Å². The third-order valence-corrected chi connectivity index (χ3v) is 13.3. The molecule has 3 aromatic rings. The summed E-state index contributed by atoms with van der Waals surface area (Å²) in [5, 5.41) is 18.8. The molecule has 3 amide bonds. The molecular weight excluding hydrogens is 707 g/mol. The van der Waals surface area contributed by atoms with Crippen LogP contribution in [0.1, 0.15) is 68.9 Å². The molecule has 1 saturated heterocycles. The van der Waals surface area contributed by atoms with Gasteiger partial charge >= 0.3 is 0 Å². The van der Waals surface area contributed by atoms with E-state index in [1.165, 1.54) is 6.42 Å². The van der Waals surface area contributed by atoms with Gasteiger partial charge in [-0.25, -0.2) is 0 Å². The van der Waals surface area contributed by atoms with Crippen LogP contribution in [0, 0.1) is 29.1 Å². The van der Waals surface area contributed by atoms with E-state index in [0.717, 1.165) is 34.4 Å². The zero-order valence-electron chi connectivity index (χ0n) is 34.5. The first-order valence-electron chi connectivity index (χ1n) is 20.1. The second-order valence-corrected chi connectivity index (χ2v) is 16.9. The van der Waals surface area contributed by atoms with Crippen molar-refractivity contribution >= 4 is 23.4 Å². The van der Waals surface area contributed by atoms with Crippen molar-refractivity contribution in [1.82, 2.24) is 20.6 Å². The summed E-state index contributed by atoms with van der Waals surface area (Å²) in [6.07, 6.45) is 2.03. The first-order valence-corrected chi connectivity index (χ1v) is 20.1. The number of aliphatic hydroxyl groups is 1. The Hall–Kier alpha value is -4.45. The Kier molecular flexibility index (Phi) is 12.5. The van der Waals surface area contributed by atoms with Crippen LogP contribution in [0.15, 0.2) is 66.7 Å². The molecule has 2 bridgehead atoms. The van der Waals surface area contributed by atoms with E-state index in [-0.39, 0.29) is 42.3 Å². The first-order chi connectivity index (χ1) is 26.7. The molecule has 56 heavy (non-hydrogen) atoms. The Bertz CT molecular complexity index is 1880. The molecule has 11 nitrogen and oxygen atoms in total. The number of hydrogen-bond acceptors (Lipinski definition) is 8. The maximum Gasteiger partial charge on any atom is 0.251 e. The number of carbonyl (C=O) groups is 3. The number of hydrogen-bond donors (Lipinski definition) is 3. The molecule has 3 aliphatic carbocycles. The Morgan fingerprint density at radius 1 is 1.05 bits per heavy atom. The average Bonchev–Trinajstić information content (AvgIpc) is 3.56. The monoisotopic (exact) mass is 767 g/mol. The number of nitrogens with one attached hydrogen (secondary N) is 2. The van der Waals surface area contributed by atoms with Gasteiger partial charge in [-0.15, -0.1) is 0 Å². The fraction of sp³-hybridized carbons (Fsp3) is 0.533. The molecule has 3 aromatic carbocycles. The smallest absolute Gasteiger partial charge is 0.251 e. The topological polar surface area (TPSA) is 124 Å². The van der Waals surface area contributed by atoms with Crippen LogP contribution in [0.25, 0.3) is 11.1 Å². The predicted octanol–water partition coefficient (Wildman–Crippen LogP) is 5.55. The quantitative estimate of drug-likeness (QED) is 0.195. The molecule has 1 heterocycles. The number of methoxy groups -OCH3 is 1. The molecule has 8 atom stereocenters. The molecule has 0 radical (unpaired) electrons. The molecule has 0 aromatic heterocycles. The fourth-order valence-corrected chi connectivity index (χ4v) is 9.88. The summed E-state index contributed by atoms with van der Waals surface area (Å²) in [4.78, 5) is 51.4. The third kappa shape index (κ3) is 8.04. The Morgan fingerprint density at radius 3 is 2.39 bits per heavy atom. The van der Waals surface area contributed by atoms with Gasteiger partial charge in [-0.2, -0.15) is 5.06 Å². The predicted molar refractivity (Wildman–Crippen MR) is 219 cm³/mol. The SMILES string of the molecule is CNC(=O)c1cc(-c2cccc(CN3O[C@@H](CO)[C@H]([C@H](C)N(CCc4ccccc4)C(C)=O)[C@H]3C(=O)NC3C[C@H]4C[C@@H]([C@@H]3C)C4(C)C)c2OC)cc(N(C)C)c1. The lowest BCUT2D eigenvalue weighted by molar-refractivity contribution is -0.183. The maximum absolute atomic E-state index is 14.9. The van der Waals surface area contributed by atoms with Gasteiger partial charge in [0.2, 0.25) is 11.8 Å². The minimum atomic E-state index is -0.815. The van der Waals surface area contributed by atoms with E-state index in [2.05, 4.69) is 31.4 Å². The normalized spacial score (nSPS) is 25.8. The van der Waals surface area contributed by atoms with Crippen molar-refractivity contribution in [3.05, 3.63) is 83.4 Å². The molecule has 4 fully saturated rings. The summed E-state index contributed by atoms with van der Waals surface area (Å²) in [5.74, 6) is 0.992. The number of benzene rings is 3. The molecule has 3 N–H and O–H groups in total. The number of amides is 3. The number of carbonyl (C=O) groups excluding carboxylic acids is 3. The fourth-order valence-electron chi connectivity index (χ4n) is 9.88. The lowest BCUT2D eigenvalue weighted by atomic mass is 9.45. The summed E-state index contributed by atoms with van der Waals surface area (Å²) in [6.45, 7) is 10.8. The van der Waals surface area contributed by atoms with Crippen LogP contribution >= 0.6 is 0 Å². The van der Waals surface area contributed by atoms with Gasteiger partial charge < -0.3 is 30.3 Å². The third-order valence-electron chi connectivity index (χ3n) is 13.3. The summed E-state index contributed by atoms with van der Waals surface area (Å²) >= 11 is 0. The van der Waals surface area contributed by atoms with E-state index in [1.807, 2.05) is 97.5 Å². The summed E-state index contributed by atoms with van der Waals surface area (Å²) in [5.41, 5.74) is 5.10. The molecule has 302 valence electrons. The Morgan fingerprint density at radius 2 is 1.79 bits per heavy atom. The second-order valence-electron chi connectivity index (χ2n) is 16.9. The highest BCUT2D eigenvalue weighted by Gasteiger charge is 2.57. The lowest BCUT2D eigenvalue weighted by Gasteiger charge is -2.62. The lowest BCUT2D eigenvalue weighted by Crippen LogP contribution is -2.63. The van der Waals surface area contributed by atoms with Crippen molar-refractivity contribution in [2.45, 2.75) is 84.7 Å². The van der Waals surface area contributed by atoms with Crippen molar-refractivity contribution in [3.8, 4) is 16.9 Å². The highest BCUT2D eigenvalue weighted by Crippen LogP contribution is 2.61. The van der Waals surface area contributed by atoms with Crippen molar-refractivity contribution in [1.29, 1.82) is 0 Å². The van der Waals surface area contributed by atoms with Crippen molar-refractivity contribution in [2.75, 3.05) is 46.3 Å². The van der Waals surface area contributed by atoms with Crippen LogP contribution in [-0.4, -0.2) is 98.4 Å². The van der Waals surface area contributed by atoms with E-state index < -0.39 is 24.1 Å². The second kappa shape index (κ2) is 17.0. The zero-order chi connectivity index (χ0) is 40.5. The summed E-state index contributed by atoms with van der Waals surface area (Å²) in [7, 11) is 7.08. The van der Waals surface area contributed by atoms with E-state index >= 15 is 0 Å². The Labute approximate surface area is 332 Å². The largest absolute Gasteiger partial charge is 0.496 e. The highest BCUT2D eigenvalue weighted by molar-refractivity contribution is 5.97. The summed E-state index contributed by atoms with van der Waals surface area (Å²) < 4.78 is 6.11. The van der Waals surface area contributed by atoms with Crippen LogP contribution < -0.4 is 20.3 Å². The van der Waals surface area contributed by atoms with Crippen LogP contribution in [0.4, 0.5) is 5.69 Å². The van der Waals surface area contributed by atoms with Crippen molar-refractivity contribution in [3.63, 3.8) is 0 Å². The van der Waals surface area contributed by atoms with Crippen LogP contribution in [0.5, 0.6) is 5.75 Å². The molecule has 11 heteroatoms. The molecule has 1 unspecified atom stereocenters. The molecule has 0 spiro atoms. The number of aliphatic hydroxyl groups excluding tert-OH is 1. The number of anilines is 1. The van der Waals surface area contributed by atoms with Gasteiger partial charge in [0.15, 0.2) is 0 Å². The van der Waals surface area contributed by atoms with E-state index in [4.69, 9.17) is 9.57 Å². The standard InChI is InChI=1S/C45H61N5O6/c1-27-37-23-34(45(37,4)5)24-38(27)47-44(54)41-40(28(2)49(29(3)52)19-18-30-14-11-10-12-15-30)39(26-51)56-50(41)25-31-16-13-17-36(42(31)55-9)32-20-33(43(53)46-6)22-35(21-32)48(7)8/h10-17,20-22,27-28,34,37-41,51H,18-19,23-26H2,1-9H3,(H,46,53)(H,47,54)/t27-,28-,34+,37-,38?,39-,40-,41-/m0/s1. The van der Waals surface area contributed by atoms with Crippen molar-refractivity contribution < 1.29 is 29.1 Å². The zero-order valence-corrected chi connectivity index (χ0v) is 34.5. The van der Waals surface area contributed by atoms with E-state index in [1.54, 1.807) is 26.1 Å². The van der Waals surface area contributed by atoms with Gasteiger partial charge in [0.25, 0.3) is 5.91 Å². The van der Waals surface area contributed by atoms with Crippen LogP contribution in [-0.2, 0) is 27.4 Å². The molecule has 7 rings (SSSR count). The number of nitrogens with zero attached hydrogens (tertiary/aromatic N) is 3. The minimum Gasteiger partial charge on any atom is -0.496 e. The molecule has 3 saturated carbocycles. The van der Waals surface area contributed by atoms with Crippen LogP contribution in [0.3, 0.4) is 0 Å². The summed E-state index contributed by atoms with van der Waals surface area (Å²) in [6, 6.07) is 20.3. The number of rotatable bonds is 14. The number of para-hydroxylation sites is 1. The molecule has 4 aliphatic rings. The maximum atomic E-state index is 14.9. The van der Waals surface area contributed by atoms with E-state index in [9.17, 15) is 19.5 Å². The average molecular weight is 768 g/mol.